The molecule has 1 aliphatic carbocycles. The summed E-state index contributed by atoms with van der Waals surface area (Å²) < 4.78 is 5.11. The van der Waals surface area contributed by atoms with Crippen molar-refractivity contribution in [3.8, 4) is 0 Å². The fourth-order valence-electron chi connectivity index (χ4n) is 2.77. The van der Waals surface area contributed by atoms with E-state index in [1.807, 2.05) is 16.8 Å². The second kappa shape index (κ2) is 7.84. The van der Waals surface area contributed by atoms with Crippen molar-refractivity contribution >= 4 is 51.5 Å². The minimum atomic E-state index is -0.993. The Kier molecular flexibility index (Phi) is 5.53. The van der Waals surface area contributed by atoms with Gasteiger partial charge in [-0.2, -0.15) is 11.3 Å². The highest BCUT2D eigenvalue weighted by molar-refractivity contribution is 7.17. The largest absolute Gasteiger partial charge is 0.449 e. The van der Waals surface area contributed by atoms with Crippen molar-refractivity contribution in [1.29, 1.82) is 0 Å². The molecule has 2 aromatic heterocycles. The number of hydrogen-bond acceptors (Lipinski definition) is 6. The Hall–Kier alpha value is -2.45. The Labute approximate surface area is 158 Å². The number of carbonyl (C=O) groups excluding carboxylic acids is 3. The Morgan fingerprint density at radius 2 is 2.15 bits per heavy atom. The zero-order valence-electron chi connectivity index (χ0n) is 14.1. The number of rotatable bonds is 6. The summed E-state index contributed by atoms with van der Waals surface area (Å²) in [6.45, 7) is 1.48. The van der Waals surface area contributed by atoms with E-state index in [1.165, 1.54) is 35.7 Å². The highest BCUT2D eigenvalue weighted by Crippen LogP contribution is 2.38. The summed E-state index contributed by atoms with van der Waals surface area (Å²) in [4.78, 5) is 37.0. The minimum Gasteiger partial charge on any atom is -0.449 e. The average Bonchev–Trinajstić information content (AvgIpc) is 3.29. The molecule has 2 amide bonds. The minimum absolute atomic E-state index is 0.381. The van der Waals surface area contributed by atoms with Gasteiger partial charge in [-0.1, -0.05) is 0 Å². The third-order valence-electron chi connectivity index (χ3n) is 4.02. The number of thiophene rings is 2. The molecule has 0 saturated carbocycles. The van der Waals surface area contributed by atoms with E-state index in [2.05, 4.69) is 5.32 Å². The first-order chi connectivity index (χ1) is 12.5. The van der Waals surface area contributed by atoms with E-state index in [0.717, 1.165) is 35.3 Å². The van der Waals surface area contributed by atoms with Crippen LogP contribution in [0.5, 0.6) is 0 Å². The van der Waals surface area contributed by atoms with Crippen LogP contribution in [-0.4, -0.2) is 23.9 Å². The molecular formula is C18H18N2O4S2. The fraction of sp³-hybridized carbons (Fsp3) is 0.278. The van der Waals surface area contributed by atoms with Crippen molar-refractivity contribution in [2.24, 2.45) is 5.73 Å². The molecule has 0 aliphatic heterocycles. The van der Waals surface area contributed by atoms with Gasteiger partial charge in [0.25, 0.3) is 11.8 Å². The Morgan fingerprint density at radius 3 is 2.85 bits per heavy atom. The third-order valence-corrected chi connectivity index (χ3v) is 5.93. The van der Waals surface area contributed by atoms with Gasteiger partial charge in [0.1, 0.15) is 5.00 Å². The molecule has 0 saturated heterocycles. The molecule has 136 valence electrons. The van der Waals surface area contributed by atoms with Crippen molar-refractivity contribution in [2.45, 2.75) is 32.3 Å². The maximum Gasteiger partial charge on any atom is 0.331 e. The molecule has 2 heterocycles. The number of nitrogens with two attached hydrogens (primary N) is 1. The van der Waals surface area contributed by atoms with Crippen LogP contribution in [-0.2, 0) is 27.2 Å². The van der Waals surface area contributed by atoms with Gasteiger partial charge in [-0.15, -0.1) is 11.3 Å². The molecule has 0 radical (unpaired) electrons. The summed E-state index contributed by atoms with van der Waals surface area (Å²) in [5.41, 5.74) is 7.68. The van der Waals surface area contributed by atoms with Crippen LogP contribution in [0.2, 0.25) is 0 Å². The van der Waals surface area contributed by atoms with Crippen LogP contribution in [0.1, 0.15) is 39.7 Å². The molecule has 26 heavy (non-hydrogen) atoms. The number of fused-ring (bicyclic) bond motifs is 1. The number of esters is 1. The summed E-state index contributed by atoms with van der Waals surface area (Å²) in [5, 5.41) is 6.90. The van der Waals surface area contributed by atoms with Gasteiger partial charge >= 0.3 is 5.97 Å². The smallest absolute Gasteiger partial charge is 0.331 e. The van der Waals surface area contributed by atoms with Crippen molar-refractivity contribution in [3.63, 3.8) is 0 Å². The molecule has 3 rings (SSSR count). The highest BCUT2D eigenvalue weighted by atomic mass is 32.1. The van der Waals surface area contributed by atoms with E-state index in [4.69, 9.17) is 10.5 Å². The van der Waals surface area contributed by atoms with Crippen LogP contribution in [0.15, 0.2) is 22.9 Å². The van der Waals surface area contributed by atoms with E-state index in [0.29, 0.717) is 10.6 Å². The quantitative estimate of drug-likeness (QED) is 0.585. The first-order valence-electron chi connectivity index (χ1n) is 8.12. The molecule has 0 bridgehead atoms. The number of nitrogens with one attached hydrogen (secondary N) is 1. The second-order valence-corrected chi connectivity index (χ2v) is 7.77. The van der Waals surface area contributed by atoms with Gasteiger partial charge in [0.2, 0.25) is 0 Å². The van der Waals surface area contributed by atoms with Crippen LogP contribution >= 0.6 is 22.7 Å². The number of aryl methyl sites for hydroxylation is 1. The molecule has 0 fully saturated rings. The fourth-order valence-corrected chi connectivity index (χ4v) is 4.69. The lowest BCUT2D eigenvalue weighted by molar-refractivity contribution is -0.148. The van der Waals surface area contributed by atoms with Crippen molar-refractivity contribution in [1.82, 2.24) is 0 Å². The van der Waals surface area contributed by atoms with Crippen molar-refractivity contribution < 1.29 is 19.1 Å². The molecule has 1 unspecified atom stereocenters. The van der Waals surface area contributed by atoms with Gasteiger partial charge < -0.3 is 15.8 Å². The van der Waals surface area contributed by atoms with Gasteiger partial charge in [-0.3, -0.25) is 9.59 Å². The lowest BCUT2D eigenvalue weighted by Gasteiger charge is -2.12. The molecule has 0 aromatic carbocycles. The standard InChI is InChI=1S/C18H18N2O4S2/c1-10(24-14(21)6-5-11-7-8-25-9-11)17(23)20-18-15(16(19)22)12-3-2-4-13(12)26-18/h5-10H,2-4H2,1H3,(H2,19,22)(H,20,23)/b6-5+. The number of hydrogen-bond donors (Lipinski definition) is 2. The van der Waals surface area contributed by atoms with Crippen LogP contribution in [0.25, 0.3) is 6.08 Å². The van der Waals surface area contributed by atoms with Gasteiger partial charge in [0, 0.05) is 11.0 Å². The predicted octanol–water partition coefficient (Wildman–Crippen LogP) is 2.98. The Bertz CT molecular complexity index is 868. The van der Waals surface area contributed by atoms with E-state index in [9.17, 15) is 14.4 Å². The maximum absolute atomic E-state index is 12.3. The number of carbonyl (C=O) groups is 3. The van der Waals surface area contributed by atoms with E-state index >= 15 is 0 Å². The molecular weight excluding hydrogens is 372 g/mol. The van der Waals surface area contributed by atoms with Gasteiger partial charge in [-0.05, 0) is 60.2 Å². The molecule has 3 N–H and O–H groups in total. The Balaban J connectivity index is 1.63. The molecule has 8 heteroatoms. The normalized spacial score (nSPS) is 14.2. The van der Waals surface area contributed by atoms with E-state index in [-0.39, 0.29) is 0 Å². The maximum atomic E-state index is 12.3. The summed E-state index contributed by atoms with van der Waals surface area (Å²) in [7, 11) is 0. The SMILES string of the molecule is CC(OC(=O)/C=C/c1ccsc1)C(=O)Nc1sc2c(c1C(N)=O)CCC2. The summed E-state index contributed by atoms with van der Waals surface area (Å²) >= 11 is 2.88. The number of amides is 2. The molecule has 6 nitrogen and oxygen atoms in total. The monoisotopic (exact) mass is 390 g/mol. The lowest BCUT2D eigenvalue weighted by Crippen LogP contribution is -2.30. The first kappa shape index (κ1) is 18.3. The number of primary amides is 1. The van der Waals surface area contributed by atoms with Crippen LogP contribution in [0.3, 0.4) is 0 Å². The average molecular weight is 390 g/mol. The number of anilines is 1. The highest BCUT2D eigenvalue weighted by Gasteiger charge is 2.27. The Morgan fingerprint density at radius 1 is 1.35 bits per heavy atom. The lowest BCUT2D eigenvalue weighted by atomic mass is 10.1. The van der Waals surface area contributed by atoms with Gasteiger partial charge in [0.15, 0.2) is 6.10 Å². The van der Waals surface area contributed by atoms with E-state index in [1.54, 1.807) is 6.08 Å². The summed E-state index contributed by atoms with van der Waals surface area (Å²) in [5.74, 6) is -1.66. The van der Waals surface area contributed by atoms with Crippen LogP contribution < -0.4 is 11.1 Å². The van der Waals surface area contributed by atoms with E-state index < -0.39 is 23.9 Å². The molecule has 1 aliphatic rings. The zero-order chi connectivity index (χ0) is 18.7. The van der Waals surface area contributed by atoms with Crippen LogP contribution in [0.4, 0.5) is 5.00 Å². The third kappa shape index (κ3) is 4.03. The van der Waals surface area contributed by atoms with Crippen molar-refractivity contribution in [3.05, 3.63) is 44.5 Å². The molecule has 2 aromatic rings. The topological polar surface area (TPSA) is 98.5 Å². The summed E-state index contributed by atoms with van der Waals surface area (Å²) in [6, 6.07) is 1.87. The molecule has 0 spiro atoms. The van der Waals surface area contributed by atoms with Gasteiger partial charge in [-0.25, -0.2) is 4.79 Å². The molecule has 1 atom stereocenters. The number of ether oxygens (including phenoxy) is 1. The zero-order valence-corrected chi connectivity index (χ0v) is 15.7. The van der Waals surface area contributed by atoms with Crippen molar-refractivity contribution in [2.75, 3.05) is 5.32 Å². The van der Waals surface area contributed by atoms with Crippen LogP contribution in [0, 0.1) is 0 Å². The predicted molar refractivity (Wildman–Crippen MR) is 102 cm³/mol. The van der Waals surface area contributed by atoms with Gasteiger partial charge in [0.05, 0.1) is 5.56 Å². The second-order valence-electron chi connectivity index (χ2n) is 5.88. The summed E-state index contributed by atoms with van der Waals surface area (Å²) in [6.07, 6.45) is 4.57. The first-order valence-corrected chi connectivity index (χ1v) is 9.87.